The van der Waals surface area contributed by atoms with E-state index < -0.39 is 0 Å². The van der Waals surface area contributed by atoms with E-state index in [9.17, 15) is 0 Å². The largest absolute Gasteiger partial charge is 0.383 e. The highest BCUT2D eigenvalue weighted by Gasteiger charge is 2.31. The molecule has 0 saturated carbocycles. The standard InChI is InChI=1S/C32H18N8.C19H22N4/c1-2-10-18-17(9-1)25-33-26(18)38-28-21-13-5-6-14-22(21)30(35-28)40-32-24-16-8-7-15-23(24)31(36-32)39-29-20-12-4-3-11-19(20)27(34-29)37-25;1-3-14-10-16-5-7-18(22-16)19-8-6-17(23-19)11-15-4-2-13(21-15)9-12(1)20-14/h1-16H,(H2,33,34,35,36,37,38,39,40);9-11,18-19,22H,1-8H2/b;12-9-,15-11-,16-10-. The average molecular weight is 821 g/mol. The van der Waals surface area contributed by atoms with Crippen LogP contribution in [0.25, 0.3) is 89.7 Å². The Morgan fingerprint density at radius 3 is 1.30 bits per heavy atom. The number of allylic oxidation sites excluding steroid dienone is 6. The van der Waals surface area contributed by atoms with Crippen LogP contribution in [-0.2, 0) is 0 Å². The van der Waals surface area contributed by atoms with E-state index in [0.29, 0.717) is 58.0 Å². The Balaban J connectivity index is 0.000000148. The van der Waals surface area contributed by atoms with E-state index >= 15 is 0 Å². The lowest BCUT2D eigenvalue weighted by Crippen LogP contribution is -2.31. The van der Waals surface area contributed by atoms with E-state index in [1.54, 1.807) is 0 Å². The molecule has 1 fully saturated rings. The number of fused-ring (bicyclic) bond motifs is 26. The smallest absolute Gasteiger partial charge is 0.164 e. The Morgan fingerprint density at radius 1 is 0.397 bits per heavy atom. The molecule has 2 unspecified atom stereocenters. The van der Waals surface area contributed by atoms with Gasteiger partial charge >= 0.3 is 0 Å². The first-order valence-electron chi connectivity index (χ1n) is 21.9. The van der Waals surface area contributed by atoms with Gasteiger partial charge in [0.1, 0.15) is 22.6 Å². The molecule has 2 atom stereocenters. The Bertz CT molecular complexity index is 3150. The molecule has 0 radical (unpaired) electrons. The van der Waals surface area contributed by atoms with E-state index in [1.807, 2.05) is 97.1 Å². The predicted octanol–water partition coefficient (Wildman–Crippen LogP) is 10.3. The van der Waals surface area contributed by atoms with Crippen LogP contribution in [0.5, 0.6) is 0 Å². The van der Waals surface area contributed by atoms with Crippen LogP contribution in [0.1, 0.15) is 51.4 Å². The van der Waals surface area contributed by atoms with Crippen molar-refractivity contribution in [3.05, 3.63) is 132 Å². The minimum Gasteiger partial charge on any atom is -0.383 e. The van der Waals surface area contributed by atoms with E-state index in [2.05, 4.69) is 33.5 Å². The number of nitrogens with one attached hydrogen (secondary N) is 3. The van der Waals surface area contributed by atoms with Crippen LogP contribution >= 0.6 is 0 Å². The first-order chi connectivity index (χ1) is 31.1. The third-order valence-corrected chi connectivity index (χ3v) is 12.9. The van der Waals surface area contributed by atoms with Crippen molar-refractivity contribution in [2.45, 2.75) is 63.5 Å². The minimum atomic E-state index is 0.432. The average Bonchev–Trinajstić information content (AvgIpc) is 4.19. The molecule has 12 heteroatoms. The van der Waals surface area contributed by atoms with Gasteiger partial charge in [-0.2, -0.15) is 0 Å². The summed E-state index contributed by atoms with van der Waals surface area (Å²) in [4.78, 5) is 51.4. The summed E-state index contributed by atoms with van der Waals surface area (Å²) >= 11 is 0. The summed E-state index contributed by atoms with van der Waals surface area (Å²) in [5, 5.41) is 7.53. The third kappa shape index (κ3) is 6.39. The molecule has 4 aromatic carbocycles. The van der Waals surface area contributed by atoms with Crippen LogP contribution in [0, 0.1) is 0 Å². The second kappa shape index (κ2) is 14.4. The van der Waals surface area contributed by atoms with Crippen molar-refractivity contribution in [3.63, 3.8) is 0 Å². The third-order valence-electron chi connectivity index (χ3n) is 12.9. The maximum atomic E-state index is 5.02. The first kappa shape index (κ1) is 36.0. The van der Waals surface area contributed by atoms with Crippen LogP contribution in [0.3, 0.4) is 0 Å². The van der Waals surface area contributed by atoms with E-state index in [-0.39, 0.29) is 0 Å². The van der Waals surface area contributed by atoms with E-state index in [1.165, 1.54) is 47.1 Å². The van der Waals surface area contributed by atoms with Gasteiger partial charge in [0.25, 0.3) is 0 Å². The number of hydrogen-bond acceptors (Lipinski definition) is 10. The quantitative estimate of drug-likeness (QED) is 0.137. The summed E-state index contributed by atoms with van der Waals surface area (Å²) in [6.07, 6.45) is 15.5. The summed E-state index contributed by atoms with van der Waals surface area (Å²) in [7, 11) is 0. The van der Waals surface area contributed by atoms with Crippen LogP contribution in [-0.4, -0.2) is 69.1 Å². The summed E-state index contributed by atoms with van der Waals surface area (Å²) in [5.74, 6) is 2.39. The number of benzene rings is 4. The van der Waals surface area contributed by atoms with Gasteiger partial charge in [-0.25, -0.2) is 29.9 Å². The van der Waals surface area contributed by atoms with Gasteiger partial charge in [0.15, 0.2) is 23.3 Å². The van der Waals surface area contributed by atoms with Crippen molar-refractivity contribution in [3.8, 4) is 45.6 Å². The molecule has 7 aromatic rings. The van der Waals surface area contributed by atoms with Crippen molar-refractivity contribution in [2.75, 3.05) is 0 Å². The van der Waals surface area contributed by atoms with Crippen LogP contribution in [0.2, 0.25) is 0 Å². The maximum Gasteiger partial charge on any atom is 0.164 e. The van der Waals surface area contributed by atoms with E-state index in [0.717, 1.165) is 82.3 Å². The Kier molecular flexibility index (Phi) is 8.25. The summed E-state index contributed by atoms with van der Waals surface area (Å²) in [6, 6.07) is 33.2. The zero-order valence-corrected chi connectivity index (χ0v) is 34.3. The number of aliphatic imine (C=N–C) groups is 3. The summed E-state index contributed by atoms with van der Waals surface area (Å²) in [6.45, 7) is 0. The summed E-state index contributed by atoms with van der Waals surface area (Å²) < 4.78 is 0. The van der Waals surface area contributed by atoms with Crippen molar-refractivity contribution in [1.82, 2.24) is 45.2 Å². The molecule has 12 nitrogen and oxygen atoms in total. The summed E-state index contributed by atoms with van der Waals surface area (Å²) in [5.41, 5.74) is 13.9. The highest BCUT2D eigenvalue weighted by Crippen LogP contribution is 2.37. The van der Waals surface area contributed by atoms with E-state index in [4.69, 9.17) is 44.9 Å². The van der Waals surface area contributed by atoms with Crippen LogP contribution < -0.4 is 5.32 Å². The molecule has 3 N–H and O–H groups in total. The van der Waals surface area contributed by atoms with Gasteiger partial charge in [0.2, 0.25) is 0 Å². The molecule has 63 heavy (non-hydrogen) atoms. The van der Waals surface area contributed by atoms with Crippen molar-refractivity contribution < 1.29 is 0 Å². The first-order valence-corrected chi connectivity index (χ1v) is 21.9. The molecule has 0 amide bonds. The monoisotopic (exact) mass is 820 g/mol. The molecular weight excluding hydrogens is 781 g/mol. The zero-order valence-electron chi connectivity index (χ0n) is 34.3. The number of rotatable bonds is 0. The molecule has 16 bridgehead atoms. The molecule has 10 heterocycles. The van der Waals surface area contributed by atoms with Gasteiger partial charge in [-0.05, 0) is 69.6 Å². The zero-order chi connectivity index (χ0) is 41.4. The van der Waals surface area contributed by atoms with Crippen molar-refractivity contribution in [2.24, 2.45) is 15.0 Å². The fourth-order valence-corrected chi connectivity index (χ4v) is 9.83. The normalized spacial score (nSPS) is 21.8. The number of hydrogen-bond donors (Lipinski definition) is 3. The van der Waals surface area contributed by atoms with Crippen LogP contribution in [0.15, 0.2) is 147 Å². The maximum absolute atomic E-state index is 5.02. The van der Waals surface area contributed by atoms with Gasteiger partial charge in [-0.15, -0.1) is 0 Å². The van der Waals surface area contributed by atoms with Gasteiger partial charge in [0.05, 0.1) is 6.04 Å². The molecule has 304 valence electrons. The SMILES string of the molecule is C1=C2/CCC(=N2)/C=C2/CCC(N2)C2CCC(=N2)/C=C2/CCC/1=N2.c1ccc2c(c1)-c1nc-2nc2[nH]c(nc3nc(nc4[nH]c(n1)c1ccccc41)-c1ccccc1-3)c1ccccc21. The lowest BCUT2D eigenvalue weighted by molar-refractivity contribution is 0.492. The number of nitrogens with zero attached hydrogens (tertiary/aromatic N) is 9. The number of aromatic amines is 2. The fraction of sp³-hybridized carbons (Fsp3) is 0.196. The molecule has 0 aliphatic carbocycles. The second-order valence-corrected chi connectivity index (χ2v) is 17.0. The highest BCUT2D eigenvalue weighted by molar-refractivity contribution is 6.07. The Labute approximate surface area is 361 Å². The van der Waals surface area contributed by atoms with Gasteiger partial charge < -0.3 is 15.3 Å². The lowest BCUT2D eigenvalue weighted by Gasteiger charge is -2.16. The predicted molar refractivity (Wildman–Crippen MR) is 250 cm³/mol. The molecular formula is C51H40N12. The molecule has 7 aliphatic heterocycles. The number of aromatic nitrogens is 8. The molecule has 1 saturated heterocycles. The molecule has 7 aliphatic rings. The molecule has 14 rings (SSSR count). The highest BCUT2D eigenvalue weighted by atomic mass is 15.1. The molecule has 0 spiro atoms. The van der Waals surface area contributed by atoms with Gasteiger partial charge in [-0.1, -0.05) is 97.1 Å². The fourth-order valence-electron chi connectivity index (χ4n) is 9.83. The van der Waals surface area contributed by atoms with Gasteiger partial charge in [0, 0.05) is 84.1 Å². The Morgan fingerprint density at radius 2 is 0.825 bits per heavy atom. The number of H-pyrrole nitrogens is 2. The minimum absolute atomic E-state index is 0.432. The second-order valence-electron chi connectivity index (χ2n) is 17.0. The van der Waals surface area contributed by atoms with Crippen LogP contribution in [0.4, 0.5) is 0 Å². The lowest BCUT2D eigenvalue weighted by atomic mass is 10.0. The molecule has 3 aromatic heterocycles. The topological polar surface area (TPSA) is 158 Å². The van der Waals surface area contributed by atoms with Crippen molar-refractivity contribution >= 4 is 61.3 Å². The Hall–Kier alpha value is -7.73. The van der Waals surface area contributed by atoms with Gasteiger partial charge in [-0.3, -0.25) is 15.0 Å². The van der Waals surface area contributed by atoms with Crippen molar-refractivity contribution in [1.29, 1.82) is 0 Å².